The Morgan fingerprint density at radius 2 is 2.12 bits per heavy atom. The number of carbonyl (C=O) groups is 1. The van der Waals surface area contributed by atoms with Crippen LogP contribution in [0.1, 0.15) is 44.7 Å². The molecule has 0 radical (unpaired) electrons. The lowest BCUT2D eigenvalue weighted by molar-refractivity contribution is 0.0576. The van der Waals surface area contributed by atoms with Gasteiger partial charge >= 0.3 is 6.09 Å². The summed E-state index contributed by atoms with van der Waals surface area (Å²) in [6.45, 7) is 10.6. The summed E-state index contributed by atoms with van der Waals surface area (Å²) in [7, 11) is 0. The maximum Gasteiger partial charge on any atom is 0.414 e. The second kappa shape index (κ2) is 4.88. The zero-order valence-electron chi connectivity index (χ0n) is 14.7. The number of anilines is 1. The Kier molecular flexibility index (Phi) is 3.21. The third-order valence-electron chi connectivity index (χ3n) is 5.22. The molecule has 0 saturated heterocycles. The zero-order valence-corrected chi connectivity index (χ0v) is 15.5. The highest BCUT2D eigenvalue weighted by Gasteiger charge is 2.54. The van der Waals surface area contributed by atoms with Crippen LogP contribution >= 0.6 is 11.3 Å². The number of thiophene rings is 1. The van der Waals surface area contributed by atoms with Gasteiger partial charge in [0.25, 0.3) is 0 Å². The number of fused-ring (bicyclic) bond motifs is 5. The van der Waals surface area contributed by atoms with Gasteiger partial charge in [0, 0.05) is 18.0 Å². The molecule has 3 atom stereocenters. The van der Waals surface area contributed by atoms with Crippen LogP contribution in [0.3, 0.4) is 0 Å². The van der Waals surface area contributed by atoms with E-state index in [0.717, 1.165) is 15.8 Å². The van der Waals surface area contributed by atoms with E-state index in [9.17, 15) is 9.90 Å². The molecule has 2 aliphatic rings. The molecule has 0 unspecified atom stereocenters. The van der Waals surface area contributed by atoms with Crippen molar-refractivity contribution in [1.82, 2.24) is 0 Å². The predicted molar refractivity (Wildman–Crippen MR) is 97.2 cm³/mol. The molecule has 2 aromatic rings. The highest BCUT2D eigenvalue weighted by atomic mass is 32.1. The summed E-state index contributed by atoms with van der Waals surface area (Å²) in [5, 5.41) is 13.7. The highest BCUT2D eigenvalue weighted by molar-refractivity contribution is 7.17. The first-order chi connectivity index (χ1) is 11.2. The van der Waals surface area contributed by atoms with Gasteiger partial charge in [-0.2, -0.15) is 0 Å². The van der Waals surface area contributed by atoms with E-state index < -0.39 is 5.60 Å². The maximum absolute atomic E-state index is 12.7. The summed E-state index contributed by atoms with van der Waals surface area (Å²) in [5.74, 6) is 1.78. The molecular formula is C19H23NO3S. The van der Waals surface area contributed by atoms with Gasteiger partial charge < -0.3 is 9.84 Å². The Bertz CT molecular complexity index is 848. The molecule has 2 heterocycles. The van der Waals surface area contributed by atoms with Crippen molar-refractivity contribution in [2.24, 2.45) is 11.8 Å². The van der Waals surface area contributed by atoms with E-state index in [0.29, 0.717) is 24.3 Å². The normalized spacial score (nSPS) is 25.4. The van der Waals surface area contributed by atoms with Crippen LogP contribution in [0.25, 0.3) is 10.1 Å². The van der Waals surface area contributed by atoms with Crippen molar-refractivity contribution in [2.75, 3.05) is 11.4 Å². The van der Waals surface area contributed by atoms with Crippen molar-refractivity contribution in [1.29, 1.82) is 0 Å². The van der Waals surface area contributed by atoms with Gasteiger partial charge in [-0.15, -0.1) is 11.3 Å². The van der Waals surface area contributed by atoms with Crippen LogP contribution < -0.4 is 4.90 Å². The molecular weight excluding hydrogens is 322 g/mol. The van der Waals surface area contributed by atoms with Crippen LogP contribution in [-0.2, 0) is 4.74 Å². The van der Waals surface area contributed by atoms with Crippen LogP contribution in [0, 0.1) is 18.8 Å². The van der Waals surface area contributed by atoms with E-state index in [2.05, 4.69) is 19.2 Å². The van der Waals surface area contributed by atoms with Gasteiger partial charge in [-0.3, -0.25) is 4.90 Å². The minimum atomic E-state index is -0.534. The van der Waals surface area contributed by atoms with E-state index in [4.69, 9.17) is 4.74 Å². The molecule has 1 fully saturated rings. The monoisotopic (exact) mass is 345 g/mol. The van der Waals surface area contributed by atoms with E-state index >= 15 is 0 Å². The largest absolute Gasteiger partial charge is 0.506 e. The Hall–Kier alpha value is -1.75. The average Bonchev–Trinajstić information content (AvgIpc) is 2.94. The van der Waals surface area contributed by atoms with Crippen LogP contribution in [-0.4, -0.2) is 23.3 Å². The van der Waals surface area contributed by atoms with Gasteiger partial charge in [-0.05, 0) is 62.0 Å². The number of benzene rings is 1. The fourth-order valence-corrected chi connectivity index (χ4v) is 5.01. The van der Waals surface area contributed by atoms with E-state index in [1.54, 1.807) is 22.3 Å². The number of rotatable bonds is 0. The average molecular weight is 345 g/mol. The van der Waals surface area contributed by atoms with Gasteiger partial charge in [-0.25, -0.2) is 4.79 Å². The van der Waals surface area contributed by atoms with Gasteiger partial charge in [0.05, 0.1) is 10.4 Å². The molecule has 4 rings (SSSR count). The Morgan fingerprint density at radius 3 is 2.79 bits per heavy atom. The number of phenolic OH excluding ortho intramolecular Hbond substituents is 1. The van der Waals surface area contributed by atoms with Gasteiger partial charge in [0.2, 0.25) is 0 Å². The van der Waals surface area contributed by atoms with Crippen molar-refractivity contribution < 1.29 is 14.6 Å². The maximum atomic E-state index is 12.7. The number of nitrogens with zero attached hydrogens (tertiary/aromatic N) is 1. The number of amides is 1. The second-order valence-electron chi connectivity index (χ2n) is 8.09. The summed E-state index contributed by atoms with van der Waals surface area (Å²) in [4.78, 5) is 14.5. The lowest BCUT2D eigenvalue weighted by Crippen LogP contribution is -2.40. The highest BCUT2D eigenvalue weighted by Crippen LogP contribution is 2.62. The molecule has 1 saturated carbocycles. The number of hydrogen-bond donors (Lipinski definition) is 1. The summed E-state index contributed by atoms with van der Waals surface area (Å²) in [5.41, 5.74) is 2.68. The minimum Gasteiger partial charge on any atom is -0.506 e. The summed E-state index contributed by atoms with van der Waals surface area (Å²) in [6.07, 6.45) is -0.326. The van der Waals surface area contributed by atoms with Gasteiger partial charge in [0.1, 0.15) is 11.4 Å². The molecule has 1 aliphatic heterocycles. The quantitative estimate of drug-likeness (QED) is 0.729. The molecule has 4 nitrogen and oxygen atoms in total. The lowest BCUT2D eigenvalue weighted by atomic mass is 9.95. The minimum absolute atomic E-state index is 0.252. The Labute approximate surface area is 146 Å². The summed E-state index contributed by atoms with van der Waals surface area (Å²) >= 11 is 1.57. The zero-order chi connectivity index (χ0) is 17.4. The third-order valence-corrected chi connectivity index (χ3v) is 6.34. The molecule has 0 bridgehead atoms. The fraction of sp³-hybridized carbons (Fsp3) is 0.526. The molecule has 5 heteroatoms. The van der Waals surface area contributed by atoms with E-state index in [-0.39, 0.29) is 11.8 Å². The van der Waals surface area contributed by atoms with Crippen LogP contribution in [0.4, 0.5) is 10.5 Å². The number of ether oxygens (including phenoxy) is 1. The summed E-state index contributed by atoms with van der Waals surface area (Å²) < 4.78 is 6.53. The molecule has 0 spiro atoms. The van der Waals surface area contributed by atoms with Gasteiger partial charge in [0.15, 0.2) is 0 Å². The number of aryl methyl sites for hydroxylation is 1. The molecule has 128 valence electrons. The van der Waals surface area contributed by atoms with Crippen LogP contribution in [0.2, 0.25) is 0 Å². The van der Waals surface area contributed by atoms with Crippen molar-refractivity contribution >= 4 is 33.2 Å². The van der Waals surface area contributed by atoms with Crippen molar-refractivity contribution in [2.45, 2.75) is 46.1 Å². The molecule has 24 heavy (non-hydrogen) atoms. The van der Waals surface area contributed by atoms with Crippen molar-refractivity contribution in [3.8, 4) is 5.75 Å². The Morgan fingerprint density at radius 1 is 1.42 bits per heavy atom. The summed E-state index contributed by atoms with van der Waals surface area (Å²) in [6, 6.07) is 1.75. The molecule has 1 amide bonds. The topological polar surface area (TPSA) is 49.8 Å². The van der Waals surface area contributed by atoms with E-state index in [1.165, 1.54) is 11.1 Å². The fourth-order valence-electron chi connectivity index (χ4n) is 4.03. The standard InChI is InChI=1S/C19H23NO3S/c1-9-8-24-17-13(21)6-12-16(14(9)17)15-10(2)11(15)7-20(12)18(22)23-19(3,4)5/h6,8,10-11,15,21H,7H2,1-5H3/t10-,11+,15-/m0/s1. The van der Waals surface area contributed by atoms with Crippen LogP contribution in [0.15, 0.2) is 11.4 Å². The smallest absolute Gasteiger partial charge is 0.414 e. The van der Waals surface area contributed by atoms with Gasteiger partial charge in [-0.1, -0.05) is 6.92 Å². The first kappa shape index (κ1) is 15.8. The molecule has 1 aromatic carbocycles. The number of aromatic hydroxyl groups is 1. The van der Waals surface area contributed by atoms with Crippen molar-refractivity contribution in [3.63, 3.8) is 0 Å². The third kappa shape index (κ3) is 2.21. The Balaban J connectivity index is 1.89. The van der Waals surface area contributed by atoms with Crippen molar-refractivity contribution in [3.05, 3.63) is 22.6 Å². The molecule has 1 aromatic heterocycles. The predicted octanol–water partition coefficient (Wildman–Crippen LogP) is 5.02. The first-order valence-corrected chi connectivity index (χ1v) is 9.31. The number of hydrogen-bond acceptors (Lipinski definition) is 4. The van der Waals surface area contributed by atoms with Crippen LogP contribution in [0.5, 0.6) is 5.75 Å². The van der Waals surface area contributed by atoms with E-state index in [1.807, 2.05) is 20.8 Å². The molecule has 1 aliphatic carbocycles. The molecule has 1 N–H and O–H groups in total. The second-order valence-corrected chi connectivity index (χ2v) is 8.97. The number of carbonyl (C=O) groups excluding carboxylic acids is 1. The number of phenols is 1. The SMILES string of the molecule is Cc1csc2c(O)cc3c(c12)[C@H]1[C@@H](C)[C@H]1CN3C(=O)OC(C)(C)C. The first-order valence-electron chi connectivity index (χ1n) is 8.43. The lowest BCUT2D eigenvalue weighted by Gasteiger charge is -2.32.